The third kappa shape index (κ3) is 7.10. The SMILES string of the molecule is CCCCNC(=O)[C@@H](C)N(Cc1cccc(OC)c1)C(=O)COc1cccc(C)c1. The maximum absolute atomic E-state index is 13.0. The molecule has 2 amide bonds. The highest BCUT2D eigenvalue weighted by atomic mass is 16.5. The van der Waals surface area contributed by atoms with E-state index in [-0.39, 0.29) is 25.0 Å². The number of hydrogen-bond acceptors (Lipinski definition) is 4. The predicted octanol–water partition coefficient (Wildman–Crippen LogP) is 3.72. The van der Waals surface area contributed by atoms with Gasteiger partial charge < -0.3 is 19.7 Å². The van der Waals surface area contributed by atoms with Crippen molar-refractivity contribution in [2.24, 2.45) is 0 Å². The Balaban J connectivity index is 2.13. The standard InChI is InChI=1S/C24H32N2O4/c1-5-6-13-25-24(28)19(3)26(16-20-10-8-11-21(15-20)29-4)23(27)17-30-22-12-7-9-18(2)14-22/h7-12,14-15,19H,5-6,13,16-17H2,1-4H3,(H,25,28)/t19-/m1/s1. The van der Waals surface area contributed by atoms with Gasteiger partial charge in [-0.15, -0.1) is 0 Å². The zero-order chi connectivity index (χ0) is 21.9. The van der Waals surface area contributed by atoms with Gasteiger partial charge in [-0.2, -0.15) is 0 Å². The van der Waals surface area contributed by atoms with Gasteiger partial charge in [0.05, 0.1) is 7.11 Å². The lowest BCUT2D eigenvalue weighted by Crippen LogP contribution is -2.49. The van der Waals surface area contributed by atoms with E-state index in [1.807, 2.05) is 55.5 Å². The van der Waals surface area contributed by atoms with Crippen molar-refractivity contribution in [3.63, 3.8) is 0 Å². The fourth-order valence-electron chi connectivity index (χ4n) is 3.02. The van der Waals surface area contributed by atoms with Crippen LogP contribution in [0.5, 0.6) is 11.5 Å². The molecule has 0 aromatic heterocycles. The van der Waals surface area contributed by atoms with Gasteiger partial charge in [0.1, 0.15) is 17.5 Å². The molecule has 0 aliphatic carbocycles. The Morgan fingerprint density at radius 3 is 2.53 bits per heavy atom. The first-order valence-electron chi connectivity index (χ1n) is 10.3. The van der Waals surface area contributed by atoms with Gasteiger partial charge in [-0.05, 0) is 55.7 Å². The minimum atomic E-state index is -0.623. The first kappa shape index (κ1) is 23.3. The van der Waals surface area contributed by atoms with Crippen LogP contribution in [0.1, 0.15) is 37.8 Å². The number of aryl methyl sites for hydroxylation is 1. The van der Waals surface area contributed by atoms with Gasteiger partial charge in [0.25, 0.3) is 5.91 Å². The van der Waals surface area contributed by atoms with Gasteiger partial charge in [-0.3, -0.25) is 9.59 Å². The van der Waals surface area contributed by atoms with E-state index in [0.29, 0.717) is 18.0 Å². The molecular formula is C24H32N2O4. The normalized spacial score (nSPS) is 11.5. The molecule has 0 saturated carbocycles. The Labute approximate surface area is 179 Å². The molecule has 6 nitrogen and oxygen atoms in total. The third-order valence-electron chi connectivity index (χ3n) is 4.84. The minimum absolute atomic E-state index is 0.139. The Bertz CT molecular complexity index is 837. The first-order valence-corrected chi connectivity index (χ1v) is 10.3. The lowest BCUT2D eigenvalue weighted by Gasteiger charge is -2.29. The van der Waals surface area contributed by atoms with Gasteiger partial charge in [0, 0.05) is 13.1 Å². The smallest absolute Gasteiger partial charge is 0.261 e. The lowest BCUT2D eigenvalue weighted by molar-refractivity contribution is -0.142. The monoisotopic (exact) mass is 412 g/mol. The minimum Gasteiger partial charge on any atom is -0.497 e. The van der Waals surface area contributed by atoms with Crippen molar-refractivity contribution >= 4 is 11.8 Å². The number of amides is 2. The second-order valence-electron chi connectivity index (χ2n) is 7.30. The fourth-order valence-corrected chi connectivity index (χ4v) is 3.02. The number of unbranched alkanes of at least 4 members (excludes halogenated alkanes) is 1. The summed E-state index contributed by atoms with van der Waals surface area (Å²) < 4.78 is 11.0. The molecule has 0 aliphatic rings. The van der Waals surface area contributed by atoms with Crippen LogP contribution in [0.15, 0.2) is 48.5 Å². The first-order chi connectivity index (χ1) is 14.4. The van der Waals surface area contributed by atoms with Gasteiger partial charge in [0.2, 0.25) is 5.91 Å². The maximum atomic E-state index is 13.0. The molecule has 2 rings (SSSR count). The van der Waals surface area contributed by atoms with Crippen LogP contribution >= 0.6 is 0 Å². The molecular weight excluding hydrogens is 380 g/mol. The van der Waals surface area contributed by atoms with E-state index in [2.05, 4.69) is 12.2 Å². The summed E-state index contributed by atoms with van der Waals surface area (Å²) in [5.74, 6) is 0.911. The summed E-state index contributed by atoms with van der Waals surface area (Å²) in [6, 6.07) is 14.4. The van der Waals surface area contributed by atoms with Gasteiger partial charge in [0.15, 0.2) is 6.61 Å². The highest BCUT2D eigenvalue weighted by Crippen LogP contribution is 2.17. The van der Waals surface area contributed by atoms with E-state index in [1.165, 1.54) is 0 Å². The largest absolute Gasteiger partial charge is 0.497 e. The molecule has 2 aromatic carbocycles. The molecule has 0 spiro atoms. The summed E-state index contributed by atoms with van der Waals surface area (Å²) in [4.78, 5) is 27.2. The Morgan fingerprint density at radius 1 is 1.10 bits per heavy atom. The van der Waals surface area contributed by atoms with E-state index in [9.17, 15) is 9.59 Å². The molecule has 0 aliphatic heterocycles. The predicted molar refractivity (Wildman–Crippen MR) is 118 cm³/mol. The van der Waals surface area contributed by atoms with E-state index in [0.717, 1.165) is 24.0 Å². The number of carbonyl (C=O) groups excluding carboxylic acids is 2. The summed E-state index contributed by atoms with van der Waals surface area (Å²) in [5, 5.41) is 2.91. The van der Waals surface area contributed by atoms with E-state index in [4.69, 9.17) is 9.47 Å². The van der Waals surface area contributed by atoms with Crippen molar-refractivity contribution in [3.8, 4) is 11.5 Å². The van der Waals surface area contributed by atoms with Crippen LogP contribution in [0.2, 0.25) is 0 Å². The second-order valence-corrected chi connectivity index (χ2v) is 7.30. The molecule has 6 heteroatoms. The molecule has 0 unspecified atom stereocenters. The molecule has 162 valence electrons. The quantitative estimate of drug-likeness (QED) is 0.571. The highest BCUT2D eigenvalue weighted by molar-refractivity contribution is 5.87. The number of benzene rings is 2. The van der Waals surface area contributed by atoms with Crippen LogP contribution in [0.3, 0.4) is 0 Å². The average Bonchev–Trinajstić information content (AvgIpc) is 2.75. The van der Waals surface area contributed by atoms with Crippen LogP contribution in [0.25, 0.3) is 0 Å². The average molecular weight is 413 g/mol. The number of hydrogen-bond donors (Lipinski definition) is 1. The number of carbonyl (C=O) groups is 2. The van der Waals surface area contributed by atoms with Crippen LogP contribution in [0, 0.1) is 6.92 Å². The third-order valence-corrected chi connectivity index (χ3v) is 4.84. The number of methoxy groups -OCH3 is 1. The molecule has 0 fully saturated rings. The summed E-state index contributed by atoms with van der Waals surface area (Å²) in [5.41, 5.74) is 1.93. The summed E-state index contributed by atoms with van der Waals surface area (Å²) >= 11 is 0. The fraction of sp³-hybridized carbons (Fsp3) is 0.417. The van der Waals surface area contributed by atoms with Crippen molar-refractivity contribution < 1.29 is 19.1 Å². The van der Waals surface area contributed by atoms with Crippen molar-refractivity contribution in [3.05, 3.63) is 59.7 Å². The van der Waals surface area contributed by atoms with Crippen molar-refractivity contribution in [1.82, 2.24) is 10.2 Å². The van der Waals surface area contributed by atoms with Gasteiger partial charge in [-0.1, -0.05) is 37.6 Å². The van der Waals surface area contributed by atoms with E-state index < -0.39 is 6.04 Å². The molecule has 2 aromatic rings. The number of nitrogens with zero attached hydrogens (tertiary/aromatic N) is 1. The molecule has 0 saturated heterocycles. The Hall–Kier alpha value is -3.02. The number of rotatable bonds is 11. The van der Waals surface area contributed by atoms with Crippen molar-refractivity contribution in [2.75, 3.05) is 20.3 Å². The van der Waals surface area contributed by atoms with Gasteiger partial charge >= 0.3 is 0 Å². The lowest BCUT2D eigenvalue weighted by atomic mass is 10.1. The van der Waals surface area contributed by atoms with Crippen LogP contribution in [-0.4, -0.2) is 43.0 Å². The van der Waals surface area contributed by atoms with Crippen molar-refractivity contribution in [1.29, 1.82) is 0 Å². The summed E-state index contributed by atoms with van der Waals surface area (Å²) in [7, 11) is 1.60. The summed E-state index contributed by atoms with van der Waals surface area (Å²) in [6.45, 7) is 6.52. The molecule has 0 bridgehead atoms. The molecule has 0 heterocycles. The highest BCUT2D eigenvalue weighted by Gasteiger charge is 2.26. The molecule has 1 N–H and O–H groups in total. The number of nitrogens with one attached hydrogen (secondary N) is 1. The maximum Gasteiger partial charge on any atom is 0.261 e. The molecule has 0 radical (unpaired) electrons. The molecule has 1 atom stereocenters. The van der Waals surface area contributed by atoms with Crippen LogP contribution < -0.4 is 14.8 Å². The molecule has 30 heavy (non-hydrogen) atoms. The van der Waals surface area contributed by atoms with Crippen LogP contribution in [0.4, 0.5) is 0 Å². The number of ether oxygens (including phenoxy) is 2. The Morgan fingerprint density at radius 2 is 1.83 bits per heavy atom. The summed E-state index contributed by atoms with van der Waals surface area (Å²) in [6.07, 6.45) is 1.89. The van der Waals surface area contributed by atoms with Gasteiger partial charge in [-0.25, -0.2) is 0 Å². The second kappa shape index (κ2) is 11.9. The Kier molecular flexibility index (Phi) is 9.19. The van der Waals surface area contributed by atoms with Crippen LogP contribution in [-0.2, 0) is 16.1 Å². The topological polar surface area (TPSA) is 67.9 Å². The van der Waals surface area contributed by atoms with Crippen molar-refractivity contribution in [2.45, 2.75) is 46.2 Å². The zero-order valence-corrected chi connectivity index (χ0v) is 18.3. The van der Waals surface area contributed by atoms with E-state index in [1.54, 1.807) is 18.9 Å². The zero-order valence-electron chi connectivity index (χ0n) is 18.3. The van der Waals surface area contributed by atoms with E-state index >= 15 is 0 Å².